The summed E-state index contributed by atoms with van der Waals surface area (Å²) in [5, 5.41) is 31.5. The van der Waals surface area contributed by atoms with Gasteiger partial charge in [-0.3, -0.25) is 0 Å². The lowest BCUT2D eigenvalue weighted by atomic mass is 10.1. The molecule has 0 radical (unpaired) electrons. The van der Waals surface area contributed by atoms with Crippen molar-refractivity contribution < 1.29 is 20.1 Å². The molecule has 0 saturated heterocycles. The molecule has 2 aromatic rings. The number of phenolic OH excluding ortho intramolecular Hbond substituents is 3. The van der Waals surface area contributed by atoms with Crippen molar-refractivity contribution in [2.45, 2.75) is 13.5 Å². The van der Waals surface area contributed by atoms with Gasteiger partial charge in [0.1, 0.15) is 5.75 Å². The number of phenols is 3. The standard InChI is InChI=1S/C15H17NO4/c1-2-20-12-6-4-11(5-7-12)16-9-10-3-8-13(17)15(19)14(10)18/h3-8,16-19H,2,9H2,1H3. The molecule has 0 aromatic heterocycles. The average molecular weight is 275 g/mol. The molecular weight excluding hydrogens is 258 g/mol. The summed E-state index contributed by atoms with van der Waals surface area (Å²) in [5.74, 6) is -0.366. The first-order chi connectivity index (χ1) is 9.61. The summed E-state index contributed by atoms with van der Waals surface area (Å²) in [6.45, 7) is 2.87. The van der Waals surface area contributed by atoms with Gasteiger partial charge >= 0.3 is 0 Å². The number of hydrogen-bond donors (Lipinski definition) is 4. The minimum atomic E-state index is -0.504. The highest BCUT2D eigenvalue weighted by atomic mass is 16.5. The van der Waals surface area contributed by atoms with Gasteiger partial charge in [-0.25, -0.2) is 0 Å². The monoisotopic (exact) mass is 275 g/mol. The van der Waals surface area contributed by atoms with E-state index >= 15 is 0 Å². The van der Waals surface area contributed by atoms with Gasteiger partial charge in [-0.2, -0.15) is 0 Å². The largest absolute Gasteiger partial charge is 0.504 e. The van der Waals surface area contributed by atoms with Crippen LogP contribution < -0.4 is 10.1 Å². The SMILES string of the molecule is CCOc1ccc(NCc2ccc(O)c(O)c2O)cc1. The number of nitrogens with one attached hydrogen (secondary N) is 1. The fourth-order valence-electron chi connectivity index (χ4n) is 1.79. The second-order valence-electron chi connectivity index (χ2n) is 4.25. The van der Waals surface area contributed by atoms with Crippen LogP contribution in [0.25, 0.3) is 0 Å². The average Bonchev–Trinajstić information content (AvgIpc) is 2.46. The molecule has 5 heteroatoms. The Morgan fingerprint density at radius 1 is 0.950 bits per heavy atom. The number of hydrogen-bond acceptors (Lipinski definition) is 5. The van der Waals surface area contributed by atoms with Gasteiger partial charge in [0, 0.05) is 17.8 Å². The summed E-state index contributed by atoms with van der Waals surface area (Å²) < 4.78 is 5.34. The lowest BCUT2D eigenvalue weighted by Crippen LogP contribution is -2.00. The Labute approximate surface area is 117 Å². The Bertz CT molecular complexity index is 581. The predicted octanol–water partition coefficient (Wildman–Crippen LogP) is 2.81. The van der Waals surface area contributed by atoms with E-state index in [2.05, 4.69) is 5.32 Å². The Kier molecular flexibility index (Phi) is 4.20. The Balaban J connectivity index is 2.03. The van der Waals surface area contributed by atoms with Crippen molar-refractivity contribution in [1.29, 1.82) is 0 Å². The van der Waals surface area contributed by atoms with Crippen LogP contribution in [0.5, 0.6) is 23.0 Å². The Hall–Kier alpha value is -2.56. The third-order valence-electron chi connectivity index (χ3n) is 2.86. The molecule has 0 amide bonds. The zero-order valence-electron chi connectivity index (χ0n) is 11.1. The minimum Gasteiger partial charge on any atom is -0.504 e. The minimum absolute atomic E-state index is 0.316. The summed E-state index contributed by atoms with van der Waals surface area (Å²) >= 11 is 0. The molecule has 0 fully saturated rings. The normalized spacial score (nSPS) is 10.2. The molecule has 0 aliphatic heterocycles. The van der Waals surface area contributed by atoms with Gasteiger partial charge in [-0.15, -0.1) is 0 Å². The highest BCUT2D eigenvalue weighted by Crippen LogP contribution is 2.37. The third kappa shape index (κ3) is 3.06. The smallest absolute Gasteiger partial charge is 0.200 e. The first-order valence-corrected chi connectivity index (χ1v) is 6.31. The van der Waals surface area contributed by atoms with Gasteiger partial charge in [0.15, 0.2) is 11.5 Å². The molecule has 0 aliphatic carbocycles. The lowest BCUT2D eigenvalue weighted by molar-refractivity contribution is 0.340. The molecule has 0 unspecified atom stereocenters. The molecule has 106 valence electrons. The Morgan fingerprint density at radius 3 is 2.30 bits per heavy atom. The van der Waals surface area contributed by atoms with E-state index in [0.717, 1.165) is 11.4 Å². The van der Waals surface area contributed by atoms with E-state index < -0.39 is 5.75 Å². The van der Waals surface area contributed by atoms with Crippen LogP contribution in [0.15, 0.2) is 36.4 Å². The molecule has 5 nitrogen and oxygen atoms in total. The van der Waals surface area contributed by atoms with Gasteiger partial charge in [-0.1, -0.05) is 0 Å². The first kappa shape index (κ1) is 13.9. The molecular formula is C15H17NO4. The van der Waals surface area contributed by atoms with Crippen molar-refractivity contribution in [2.75, 3.05) is 11.9 Å². The van der Waals surface area contributed by atoms with Gasteiger partial charge in [0.25, 0.3) is 0 Å². The number of anilines is 1. The molecule has 0 heterocycles. The van der Waals surface area contributed by atoms with Gasteiger partial charge in [-0.05, 0) is 43.3 Å². The second kappa shape index (κ2) is 6.06. The molecule has 0 atom stereocenters. The third-order valence-corrected chi connectivity index (χ3v) is 2.86. The molecule has 0 aliphatic rings. The van der Waals surface area contributed by atoms with Crippen LogP contribution in [-0.2, 0) is 6.54 Å². The van der Waals surface area contributed by atoms with E-state index in [1.165, 1.54) is 6.07 Å². The van der Waals surface area contributed by atoms with Crippen LogP contribution in [-0.4, -0.2) is 21.9 Å². The van der Waals surface area contributed by atoms with Crippen LogP contribution in [0.1, 0.15) is 12.5 Å². The summed E-state index contributed by atoms with van der Waals surface area (Å²) in [5.41, 5.74) is 1.36. The maximum Gasteiger partial charge on any atom is 0.200 e. The molecule has 0 bridgehead atoms. The zero-order valence-corrected chi connectivity index (χ0v) is 11.1. The summed E-state index contributed by atoms with van der Waals surface area (Å²) in [6.07, 6.45) is 0. The zero-order chi connectivity index (χ0) is 14.5. The molecule has 2 aromatic carbocycles. The molecule has 2 rings (SSSR count). The van der Waals surface area contributed by atoms with E-state index in [4.69, 9.17) is 4.74 Å². The van der Waals surface area contributed by atoms with E-state index in [1.54, 1.807) is 6.07 Å². The molecule has 0 spiro atoms. The summed E-state index contributed by atoms with van der Waals surface area (Å²) in [4.78, 5) is 0. The van der Waals surface area contributed by atoms with Gasteiger partial charge < -0.3 is 25.4 Å². The van der Waals surface area contributed by atoms with Crippen molar-refractivity contribution >= 4 is 5.69 Å². The van der Waals surface area contributed by atoms with E-state index in [0.29, 0.717) is 18.7 Å². The fraction of sp³-hybridized carbons (Fsp3) is 0.200. The van der Waals surface area contributed by atoms with Crippen molar-refractivity contribution in [2.24, 2.45) is 0 Å². The fourth-order valence-corrected chi connectivity index (χ4v) is 1.79. The van der Waals surface area contributed by atoms with Gasteiger partial charge in [0.2, 0.25) is 5.75 Å². The van der Waals surface area contributed by atoms with Crippen molar-refractivity contribution in [3.8, 4) is 23.0 Å². The van der Waals surface area contributed by atoms with Crippen LogP contribution in [0.4, 0.5) is 5.69 Å². The number of ether oxygens (including phenoxy) is 1. The summed E-state index contributed by atoms with van der Waals surface area (Å²) in [7, 11) is 0. The number of benzene rings is 2. The molecule has 20 heavy (non-hydrogen) atoms. The second-order valence-corrected chi connectivity index (χ2v) is 4.25. The van der Waals surface area contributed by atoms with Crippen LogP contribution >= 0.6 is 0 Å². The van der Waals surface area contributed by atoms with Crippen LogP contribution in [0, 0.1) is 0 Å². The van der Waals surface area contributed by atoms with E-state index in [-0.39, 0.29) is 11.5 Å². The Morgan fingerprint density at radius 2 is 1.65 bits per heavy atom. The van der Waals surface area contributed by atoms with Crippen molar-refractivity contribution in [3.63, 3.8) is 0 Å². The van der Waals surface area contributed by atoms with E-state index in [1.807, 2.05) is 31.2 Å². The van der Waals surface area contributed by atoms with Crippen LogP contribution in [0.3, 0.4) is 0 Å². The highest BCUT2D eigenvalue weighted by molar-refractivity contribution is 5.55. The molecule has 4 N–H and O–H groups in total. The lowest BCUT2D eigenvalue weighted by Gasteiger charge is -2.10. The summed E-state index contributed by atoms with van der Waals surface area (Å²) in [6, 6.07) is 10.3. The van der Waals surface area contributed by atoms with Gasteiger partial charge in [0.05, 0.1) is 6.61 Å². The van der Waals surface area contributed by atoms with Crippen molar-refractivity contribution in [1.82, 2.24) is 0 Å². The predicted molar refractivity (Wildman–Crippen MR) is 76.4 cm³/mol. The quantitative estimate of drug-likeness (QED) is 0.631. The van der Waals surface area contributed by atoms with E-state index in [9.17, 15) is 15.3 Å². The number of rotatable bonds is 5. The maximum absolute atomic E-state index is 9.70. The molecule has 0 saturated carbocycles. The topological polar surface area (TPSA) is 82.0 Å². The first-order valence-electron chi connectivity index (χ1n) is 6.31. The number of aromatic hydroxyl groups is 3. The highest BCUT2D eigenvalue weighted by Gasteiger charge is 2.10. The maximum atomic E-state index is 9.70. The van der Waals surface area contributed by atoms with Crippen molar-refractivity contribution in [3.05, 3.63) is 42.0 Å². The van der Waals surface area contributed by atoms with Crippen LogP contribution in [0.2, 0.25) is 0 Å².